The van der Waals surface area contributed by atoms with E-state index in [9.17, 15) is 4.79 Å². The first-order valence-electron chi connectivity index (χ1n) is 7.88. The predicted molar refractivity (Wildman–Crippen MR) is 85.2 cm³/mol. The van der Waals surface area contributed by atoms with Gasteiger partial charge < -0.3 is 4.90 Å². The van der Waals surface area contributed by atoms with E-state index < -0.39 is 0 Å². The Morgan fingerprint density at radius 3 is 2.77 bits per heavy atom. The molecule has 2 heterocycles. The largest absolute Gasteiger partial charge is 0.334 e. The molecule has 22 heavy (non-hydrogen) atoms. The average Bonchev–Trinajstić information content (AvgIpc) is 2.89. The van der Waals surface area contributed by atoms with Gasteiger partial charge in [-0.1, -0.05) is 12.1 Å². The molecule has 0 bridgehead atoms. The van der Waals surface area contributed by atoms with Crippen LogP contribution in [-0.2, 0) is 0 Å². The monoisotopic (exact) mass is 298 g/mol. The molecule has 116 valence electrons. The second-order valence-electron chi connectivity index (χ2n) is 6.11. The topological polar surface area (TPSA) is 51.0 Å². The predicted octanol–water partition coefficient (Wildman–Crippen LogP) is 2.90. The first-order valence-corrected chi connectivity index (χ1v) is 7.88. The number of aromatic nitrogens is 3. The van der Waals surface area contributed by atoms with Crippen LogP contribution in [0, 0.1) is 13.8 Å². The van der Waals surface area contributed by atoms with Gasteiger partial charge in [0.1, 0.15) is 0 Å². The molecule has 1 atom stereocenters. The Balaban J connectivity index is 1.90. The summed E-state index contributed by atoms with van der Waals surface area (Å²) in [4.78, 5) is 16.2. The number of piperidine rings is 1. The molecule has 0 unspecified atom stereocenters. The second kappa shape index (κ2) is 5.91. The lowest BCUT2D eigenvalue weighted by Gasteiger charge is -2.32. The van der Waals surface area contributed by atoms with E-state index in [4.69, 9.17) is 0 Å². The van der Waals surface area contributed by atoms with Crippen LogP contribution in [-0.4, -0.2) is 38.4 Å². The number of amides is 1. The molecule has 0 N–H and O–H groups in total. The minimum Gasteiger partial charge on any atom is -0.334 e. The maximum atomic E-state index is 12.8. The number of benzene rings is 1. The van der Waals surface area contributed by atoms with Crippen LogP contribution in [0.2, 0.25) is 0 Å². The van der Waals surface area contributed by atoms with Crippen molar-refractivity contribution in [1.29, 1.82) is 0 Å². The number of aryl methyl sites for hydroxylation is 2. The quantitative estimate of drug-likeness (QED) is 0.856. The number of hydrogen-bond acceptors (Lipinski definition) is 3. The van der Waals surface area contributed by atoms with E-state index in [2.05, 4.69) is 17.1 Å². The van der Waals surface area contributed by atoms with E-state index >= 15 is 0 Å². The van der Waals surface area contributed by atoms with Crippen LogP contribution in [0.15, 0.2) is 24.3 Å². The molecule has 1 aromatic carbocycles. The summed E-state index contributed by atoms with van der Waals surface area (Å²) in [5.41, 5.74) is 3.18. The molecule has 1 saturated heterocycles. The van der Waals surface area contributed by atoms with Gasteiger partial charge >= 0.3 is 0 Å². The molecule has 0 aliphatic carbocycles. The summed E-state index contributed by atoms with van der Waals surface area (Å²) in [6.45, 7) is 6.80. The molecular weight excluding hydrogens is 276 g/mol. The van der Waals surface area contributed by atoms with Crippen LogP contribution < -0.4 is 0 Å². The second-order valence-corrected chi connectivity index (χ2v) is 6.11. The Hall–Kier alpha value is -2.17. The maximum Gasteiger partial charge on any atom is 0.276 e. The highest BCUT2D eigenvalue weighted by atomic mass is 16.2. The first-order chi connectivity index (χ1) is 10.6. The fraction of sp³-hybridized carbons (Fsp3) is 0.471. The number of carbonyl (C=O) groups is 1. The van der Waals surface area contributed by atoms with Crippen molar-refractivity contribution in [3.05, 3.63) is 41.2 Å². The van der Waals surface area contributed by atoms with Crippen molar-refractivity contribution in [3.8, 4) is 5.69 Å². The maximum absolute atomic E-state index is 12.8. The van der Waals surface area contributed by atoms with Gasteiger partial charge in [0.05, 0.1) is 11.4 Å². The van der Waals surface area contributed by atoms with Crippen LogP contribution in [0.1, 0.15) is 47.9 Å². The van der Waals surface area contributed by atoms with Gasteiger partial charge in [0.2, 0.25) is 0 Å². The molecule has 0 radical (unpaired) electrons. The number of rotatable bonds is 2. The fourth-order valence-electron chi connectivity index (χ4n) is 2.98. The highest BCUT2D eigenvalue weighted by Crippen LogP contribution is 2.20. The molecule has 1 aliphatic rings. The Labute approximate surface area is 130 Å². The van der Waals surface area contributed by atoms with Crippen molar-refractivity contribution < 1.29 is 4.79 Å². The van der Waals surface area contributed by atoms with E-state index in [0.29, 0.717) is 11.4 Å². The molecule has 1 amide bonds. The third kappa shape index (κ3) is 2.75. The van der Waals surface area contributed by atoms with Crippen molar-refractivity contribution in [2.45, 2.75) is 46.1 Å². The van der Waals surface area contributed by atoms with Gasteiger partial charge in [-0.05, 0) is 57.7 Å². The standard InChI is InChI=1S/C17H22N4O/c1-12-7-6-9-15(11-12)21-18-14(3)16(19-21)17(22)20-10-5-4-8-13(20)2/h6-7,9,11,13H,4-5,8,10H2,1-3H3/t13-/m0/s1. The summed E-state index contributed by atoms with van der Waals surface area (Å²) in [5, 5.41) is 8.87. The zero-order valence-corrected chi connectivity index (χ0v) is 13.4. The van der Waals surface area contributed by atoms with Gasteiger partial charge in [0.25, 0.3) is 5.91 Å². The lowest BCUT2D eigenvalue weighted by atomic mass is 10.0. The molecule has 0 spiro atoms. The van der Waals surface area contributed by atoms with E-state index in [-0.39, 0.29) is 11.9 Å². The van der Waals surface area contributed by atoms with Gasteiger partial charge in [0.15, 0.2) is 5.69 Å². The third-order valence-electron chi connectivity index (χ3n) is 4.28. The lowest BCUT2D eigenvalue weighted by Crippen LogP contribution is -2.42. The van der Waals surface area contributed by atoms with Crippen LogP contribution in [0.5, 0.6) is 0 Å². The van der Waals surface area contributed by atoms with Crippen LogP contribution in [0.25, 0.3) is 5.69 Å². The first kappa shape index (κ1) is 14.8. The lowest BCUT2D eigenvalue weighted by molar-refractivity contribution is 0.0628. The minimum absolute atomic E-state index is 0.00334. The molecule has 2 aromatic rings. The van der Waals surface area contributed by atoms with E-state index in [0.717, 1.165) is 30.6 Å². The molecule has 3 rings (SSSR count). The normalized spacial score (nSPS) is 18.5. The van der Waals surface area contributed by atoms with E-state index in [1.54, 1.807) is 4.80 Å². The summed E-state index contributed by atoms with van der Waals surface area (Å²) >= 11 is 0. The summed E-state index contributed by atoms with van der Waals surface area (Å²) in [6.07, 6.45) is 3.33. The van der Waals surface area contributed by atoms with Crippen molar-refractivity contribution in [2.75, 3.05) is 6.54 Å². The minimum atomic E-state index is 0.00334. The van der Waals surface area contributed by atoms with Gasteiger partial charge in [-0.25, -0.2) is 0 Å². The summed E-state index contributed by atoms with van der Waals surface area (Å²) in [5.74, 6) is 0.00334. The van der Waals surface area contributed by atoms with Gasteiger partial charge in [-0.15, -0.1) is 5.10 Å². The molecular formula is C17H22N4O. The highest BCUT2D eigenvalue weighted by Gasteiger charge is 2.27. The third-order valence-corrected chi connectivity index (χ3v) is 4.28. The van der Waals surface area contributed by atoms with Crippen LogP contribution in [0.4, 0.5) is 0 Å². The van der Waals surface area contributed by atoms with Crippen LogP contribution in [0.3, 0.4) is 0 Å². The van der Waals surface area contributed by atoms with Gasteiger partial charge in [-0.2, -0.15) is 9.90 Å². The summed E-state index contributed by atoms with van der Waals surface area (Å²) in [7, 11) is 0. The van der Waals surface area contributed by atoms with Crippen molar-refractivity contribution in [1.82, 2.24) is 19.9 Å². The Kier molecular flexibility index (Phi) is 3.96. The van der Waals surface area contributed by atoms with E-state index in [1.165, 1.54) is 6.42 Å². The summed E-state index contributed by atoms with van der Waals surface area (Å²) in [6, 6.07) is 8.24. The van der Waals surface area contributed by atoms with E-state index in [1.807, 2.05) is 43.0 Å². The molecule has 0 saturated carbocycles. The zero-order valence-electron chi connectivity index (χ0n) is 13.4. The Bertz CT molecular complexity index is 692. The Morgan fingerprint density at radius 2 is 2.05 bits per heavy atom. The molecule has 5 nitrogen and oxygen atoms in total. The molecule has 1 aromatic heterocycles. The van der Waals surface area contributed by atoms with Crippen molar-refractivity contribution >= 4 is 5.91 Å². The highest BCUT2D eigenvalue weighted by molar-refractivity contribution is 5.93. The average molecular weight is 298 g/mol. The Morgan fingerprint density at radius 1 is 1.23 bits per heavy atom. The fourth-order valence-corrected chi connectivity index (χ4v) is 2.98. The molecule has 1 aliphatic heterocycles. The SMILES string of the molecule is Cc1cccc(-n2nc(C)c(C(=O)N3CCCC[C@@H]3C)n2)c1. The molecule has 1 fully saturated rings. The number of likely N-dealkylation sites (tertiary alicyclic amines) is 1. The number of carbonyl (C=O) groups excluding carboxylic acids is 1. The van der Waals surface area contributed by atoms with Gasteiger partial charge in [0, 0.05) is 12.6 Å². The van der Waals surface area contributed by atoms with Crippen LogP contribution >= 0.6 is 0 Å². The molecule has 5 heteroatoms. The smallest absolute Gasteiger partial charge is 0.276 e. The van der Waals surface area contributed by atoms with Crippen molar-refractivity contribution in [3.63, 3.8) is 0 Å². The van der Waals surface area contributed by atoms with Gasteiger partial charge in [-0.3, -0.25) is 4.79 Å². The summed E-state index contributed by atoms with van der Waals surface area (Å²) < 4.78 is 0. The number of hydrogen-bond donors (Lipinski definition) is 0. The number of nitrogens with zero attached hydrogens (tertiary/aromatic N) is 4. The van der Waals surface area contributed by atoms with Crippen molar-refractivity contribution in [2.24, 2.45) is 0 Å². The zero-order chi connectivity index (χ0) is 15.7.